The number of hydrogen-bond donors (Lipinski definition) is 3. The Bertz CT molecular complexity index is 229. The minimum absolute atomic E-state index is 0.234. The van der Waals surface area contributed by atoms with Gasteiger partial charge in [0.05, 0.1) is 0 Å². The topological polar surface area (TPSA) is 101 Å². The minimum atomic E-state index is -1.24. The molecule has 4 N–H and O–H groups in total. The molecule has 0 rings (SSSR count). The van der Waals surface area contributed by atoms with Crippen molar-refractivity contribution in [3.63, 3.8) is 0 Å². The molecule has 0 heterocycles. The van der Waals surface area contributed by atoms with E-state index in [9.17, 15) is 9.59 Å². The summed E-state index contributed by atoms with van der Waals surface area (Å²) >= 11 is 0. The van der Waals surface area contributed by atoms with Gasteiger partial charge in [0, 0.05) is 0 Å². The normalized spacial score (nSPS) is 10.8. The molecule has 18 heavy (non-hydrogen) atoms. The van der Waals surface area contributed by atoms with Crippen molar-refractivity contribution < 1.29 is 19.8 Å². The average molecular weight is 259 g/mol. The largest absolute Gasteiger partial charge is 0.481 e. The number of unbranched alkanes of at least 4 members (excludes halogenated alkanes) is 7. The second-order valence-corrected chi connectivity index (χ2v) is 4.63. The van der Waals surface area contributed by atoms with Crippen LogP contribution in [0, 0.1) is 5.92 Å². The van der Waals surface area contributed by atoms with Gasteiger partial charge in [-0.25, -0.2) is 0 Å². The maximum atomic E-state index is 10.6. The van der Waals surface area contributed by atoms with Crippen molar-refractivity contribution in [1.29, 1.82) is 0 Å². The van der Waals surface area contributed by atoms with Gasteiger partial charge in [0.25, 0.3) is 0 Å². The molecule has 0 aromatic carbocycles. The summed E-state index contributed by atoms with van der Waals surface area (Å²) in [5.74, 6) is -3.71. The molecule has 0 saturated heterocycles. The first-order chi connectivity index (χ1) is 8.59. The number of rotatable bonds is 12. The monoisotopic (exact) mass is 259 g/mol. The summed E-state index contributed by atoms with van der Waals surface area (Å²) < 4.78 is 0. The molecule has 106 valence electrons. The molecular formula is C13H25NO4. The zero-order chi connectivity index (χ0) is 13.8. The summed E-state index contributed by atoms with van der Waals surface area (Å²) in [7, 11) is 0. The van der Waals surface area contributed by atoms with Crippen LogP contribution in [-0.2, 0) is 9.59 Å². The Kier molecular flexibility index (Phi) is 10.3. The quantitative estimate of drug-likeness (QED) is 0.368. The zero-order valence-electron chi connectivity index (χ0n) is 10.9. The lowest BCUT2D eigenvalue weighted by atomic mass is 10.0. The fourth-order valence-electron chi connectivity index (χ4n) is 1.91. The molecule has 0 aromatic heterocycles. The van der Waals surface area contributed by atoms with Crippen LogP contribution in [0.15, 0.2) is 0 Å². The van der Waals surface area contributed by atoms with E-state index in [1.54, 1.807) is 0 Å². The van der Waals surface area contributed by atoms with E-state index in [2.05, 4.69) is 0 Å². The van der Waals surface area contributed by atoms with E-state index in [0.717, 1.165) is 32.2 Å². The number of carbonyl (C=O) groups is 2. The maximum Gasteiger partial charge on any atom is 0.317 e. The number of carboxylic acids is 2. The minimum Gasteiger partial charge on any atom is -0.481 e. The lowest BCUT2D eigenvalue weighted by Crippen LogP contribution is -2.23. The van der Waals surface area contributed by atoms with Crippen LogP contribution in [0.1, 0.15) is 57.8 Å². The number of nitrogens with two attached hydrogens (primary N) is 1. The molecule has 0 spiro atoms. The number of hydrogen-bond acceptors (Lipinski definition) is 3. The summed E-state index contributed by atoms with van der Waals surface area (Å²) in [6, 6.07) is 0. The van der Waals surface area contributed by atoms with E-state index in [-0.39, 0.29) is 6.42 Å². The molecule has 0 fully saturated rings. The maximum absolute atomic E-state index is 10.6. The molecular weight excluding hydrogens is 234 g/mol. The van der Waals surface area contributed by atoms with Crippen LogP contribution in [0.4, 0.5) is 0 Å². The molecule has 0 atom stereocenters. The molecule has 0 unspecified atom stereocenters. The molecule has 5 heteroatoms. The van der Waals surface area contributed by atoms with Crippen molar-refractivity contribution in [3.05, 3.63) is 0 Å². The van der Waals surface area contributed by atoms with E-state index < -0.39 is 17.9 Å². The van der Waals surface area contributed by atoms with Crippen LogP contribution in [-0.4, -0.2) is 28.7 Å². The first-order valence-electron chi connectivity index (χ1n) is 6.75. The van der Waals surface area contributed by atoms with E-state index in [1.165, 1.54) is 19.3 Å². The second-order valence-electron chi connectivity index (χ2n) is 4.63. The fourth-order valence-corrected chi connectivity index (χ4v) is 1.91. The number of carboxylic acid groups (broad SMARTS) is 2. The smallest absolute Gasteiger partial charge is 0.317 e. The first-order valence-corrected chi connectivity index (χ1v) is 6.75. The Morgan fingerprint density at radius 2 is 1.17 bits per heavy atom. The Hall–Kier alpha value is -1.10. The van der Waals surface area contributed by atoms with Gasteiger partial charge >= 0.3 is 11.9 Å². The van der Waals surface area contributed by atoms with Gasteiger partial charge in [0.15, 0.2) is 5.92 Å². The predicted octanol–water partition coefficient (Wildman–Crippen LogP) is 2.24. The number of aliphatic carboxylic acids is 2. The van der Waals surface area contributed by atoms with Gasteiger partial charge in [-0.3, -0.25) is 9.59 Å². The lowest BCUT2D eigenvalue weighted by Gasteiger charge is -2.06. The molecule has 0 bridgehead atoms. The highest BCUT2D eigenvalue weighted by molar-refractivity contribution is 5.92. The molecule has 0 saturated carbocycles. The van der Waals surface area contributed by atoms with E-state index in [4.69, 9.17) is 15.9 Å². The molecule has 0 aliphatic carbocycles. The van der Waals surface area contributed by atoms with E-state index in [0.29, 0.717) is 6.42 Å². The van der Waals surface area contributed by atoms with Gasteiger partial charge in [-0.05, 0) is 19.4 Å². The third-order valence-corrected chi connectivity index (χ3v) is 3.04. The summed E-state index contributed by atoms with van der Waals surface area (Å²) in [6.07, 6.45) is 8.64. The van der Waals surface area contributed by atoms with Gasteiger partial charge in [-0.1, -0.05) is 44.9 Å². The van der Waals surface area contributed by atoms with Crippen LogP contribution in [0.3, 0.4) is 0 Å². The summed E-state index contributed by atoms with van der Waals surface area (Å²) in [5.41, 5.74) is 5.39. The Morgan fingerprint density at radius 3 is 1.56 bits per heavy atom. The van der Waals surface area contributed by atoms with E-state index >= 15 is 0 Å². The van der Waals surface area contributed by atoms with Crippen molar-refractivity contribution in [2.75, 3.05) is 6.54 Å². The molecule has 0 amide bonds. The highest BCUT2D eigenvalue weighted by Gasteiger charge is 2.24. The standard InChI is InChI=1S/C13H25NO4/c14-10-8-6-4-2-1-3-5-7-9-11(12(15)16)13(17)18/h11H,1-10,14H2,(H,15,16)(H,17,18). The molecule has 0 aliphatic rings. The van der Waals surface area contributed by atoms with Gasteiger partial charge in [-0.15, -0.1) is 0 Å². The van der Waals surface area contributed by atoms with Crippen molar-refractivity contribution in [3.8, 4) is 0 Å². The third-order valence-electron chi connectivity index (χ3n) is 3.04. The predicted molar refractivity (Wildman–Crippen MR) is 69.4 cm³/mol. The van der Waals surface area contributed by atoms with Crippen LogP contribution in [0.5, 0.6) is 0 Å². The van der Waals surface area contributed by atoms with Crippen LogP contribution < -0.4 is 5.73 Å². The fraction of sp³-hybridized carbons (Fsp3) is 0.846. The highest BCUT2D eigenvalue weighted by atomic mass is 16.4. The Balaban J connectivity index is 3.39. The lowest BCUT2D eigenvalue weighted by molar-refractivity contribution is -0.154. The van der Waals surface area contributed by atoms with Gasteiger partial charge < -0.3 is 15.9 Å². The van der Waals surface area contributed by atoms with Gasteiger partial charge in [0.2, 0.25) is 0 Å². The van der Waals surface area contributed by atoms with Crippen molar-refractivity contribution in [1.82, 2.24) is 0 Å². The van der Waals surface area contributed by atoms with Crippen molar-refractivity contribution in [2.24, 2.45) is 11.7 Å². The zero-order valence-corrected chi connectivity index (χ0v) is 10.9. The molecule has 5 nitrogen and oxygen atoms in total. The molecule has 0 aromatic rings. The highest BCUT2D eigenvalue weighted by Crippen LogP contribution is 2.13. The SMILES string of the molecule is NCCCCCCCCCCC(C(=O)O)C(=O)O. The van der Waals surface area contributed by atoms with Crippen molar-refractivity contribution in [2.45, 2.75) is 57.8 Å². The van der Waals surface area contributed by atoms with Crippen LogP contribution >= 0.6 is 0 Å². The Morgan fingerprint density at radius 1 is 0.778 bits per heavy atom. The van der Waals surface area contributed by atoms with Gasteiger partial charge in [0.1, 0.15) is 0 Å². The van der Waals surface area contributed by atoms with Gasteiger partial charge in [-0.2, -0.15) is 0 Å². The first kappa shape index (κ1) is 16.9. The Labute approximate surface area is 108 Å². The second kappa shape index (κ2) is 11.0. The summed E-state index contributed by atoms with van der Waals surface area (Å²) in [6.45, 7) is 0.756. The van der Waals surface area contributed by atoms with Crippen LogP contribution in [0.2, 0.25) is 0 Å². The van der Waals surface area contributed by atoms with E-state index in [1.807, 2.05) is 0 Å². The summed E-state index contributed by atoms with van der Waals surface area (Å²) in [5, 5.41) is 17.4. The molecule has 0 aliphatic heterocycles. The van der Waals surface area contributed by atoms with Crippen LogP contribution in [0.25, 0.3) is 0 Å². The van der Waals surface area contributed by atoms with Crippen molar-refractivity contribution >= 4 is 11.9 Å². The summed E-state index contributed by atoms with van der Waals surface area (Å²) in [4.78, 5) is 21.2. The molecule has 0 radical (unpaired) electrons. The third kappa shape index (κ3) is 8.98. The average Bonchev–Trinajstić information content (AvgIpc) is 2.30.